The molecule has 2 heteroatoms. The van der Waals surface area contributed by atoms with E-state index in [9.17, 15) is 4.79 Å². The molecule has 0 spiro atoms. The smallest absolute Gasteiger partial charge is 0.228 e. The standard InChI is InChI=1S/C24H23NO/c1-2-18-11-9-10-16-22(18)25-23(26)21-17-24(21,19-12-5-3-6-13-19)20-14-7-4-8-15-20/h3-16,21H,2,17H2,1H3,(H,25,26)/t21-/m0/s1. The van der Waals surface area contributed by atoms with E-state index in [1.807, 2.05) is 30.3 Å². The Balaban J connectivity index is 1.66. The van der Waals surface area contributed by atoms with Gasteiger partial charge in [0.2, 0.25) is 5.91 Å². The Morgan fingerprint density at radius 3 is 2.00 bits per heavy atom. The van der Waals surface area contributed by atoms with E-state index in [4.69, 9.17) is 0 Å². The average molecular weight is 341 g/mol. The molecule has 2 nitrogen and oxygen atoms in total. The minimum atomic E-state index is -0.215. The van der Waals surface area contributed by atoms with Gasteiger partial charge in [-0.05, 0) is 35.6 Å². The lowest BCUT2D eigenvalue weighted by atomic mass is 9.85. The summed E-state index contributed by atoms with van der Waals surface area (Å²) in [6, 6.07) is 28.9. The second-order valence-corrected chi connectivity index (χ2v) is 6.96. The molecule has 0 aliphatic heterocycles. The van der Waals surface area contributed by atoms with Gasteiger partial charge in [-0.25, -0.2) is 0 Å². The summed E-state index contributed by atoms with van der Waals surface area (Å²) in [5, 5.41) is 3.18. The highest BCUT2D eigenvalue weighted by Crippen LogP contribution is 2.59. The molecule has 0 radical (unpaired) electrons. The highest BCUT2D eigenvalue weighted by Gasteiger charge is 2.60. The van der Waals surface area contributed by atoms with Gasteiger partial charge in [0.25, 0.3) is 0 Å². The summed E-state index contributed by atoms with van der Waals surface area (Å²) >= 11 is 0. The van der Waals surface area contributed by atoms with Crippen molar-refractivity contribution in [2.45, 2.75) is 25.2 Å². The summed E-state index contributed by atoms with van der Waals surface area (Å²) in [5.41, 5.74) is 4.33. The summed E-state index contributed by atoms with van der Waals surface area (Å²) in [5.74, 6) is 0.0656. The van der Waals surface area contributed by atoms with E-state index in [-0.39, 0.29) is 17.2 Å². The Kier molecular flexibility index (Phi) is 4.34. The third-order valence-corrected chi connectivity index (χ3v) is 5.51. The van der Waals surface area contributed by atoms with Crippen LogP contribution in [0.1, 0.15) is 30.0 Å². The fraction of sp³-hybridized carbons (Fsp3) is 0.208. The molecule has 1 aliphatic carbocycles. The normalized spacial score (nSPS) is 17.5. The third-order valence-electron chi connectivity index (χ3n) is 5.51. The molecule has 1 saturated carbocycles. The van der Waals surface area contributed by atoms with Crippen LogP contribution in [-0.2, 0) is 16.6 Å². The minimum Gasteiger partial charge on any atom is -0.326 e. The molecule has 26 heavy (non-hydrogen) atoms. The van der Waals surface area contributed by atoms with Crippen LogP contribution in [0.5, 0.6) is 0 Å². The van der Waals surface area contributed by atoms with Gasteiger partial charge in [0.1, 0.15) is 0 Å². The first kappa shape index (κ1) is 16.6. The van der Waals surface area contributed by atoms with E-state index in [0.717, 1.165) is 18.5 Å². The summed E-state index contributed by atoms with van der Waals surface area (Å²) in [6.07, 6.45) is 1.75. The number of benzene rings is 3. The Morgan fingerprint density at radius 2 is 1.42 bits per heavy atom. The van der Waals surface area contributed by atoms with Gasteiger partial charge in [0.05, 0.1) is 5.92 Å². The lowest BCUT2D eigenvalue weighted by molar-refractivity contribution is -0.117. The largest absolute Gasteiger partial charge is 0.326 e. The topological polar surface area (TPSA) is 29.1 Å². The predicted molar refractivity (Wildman–Crippen MR) is 106 cm³/mol. The first-order chi connectivity index (χ1) is 12.8. The van der Waals surface area contributed by atoms with Crippen molar-refractivity contribution in [1.29, 1.82) is 0 Å². The molecule has 130 valence electrons. The van der Waals surface area contributed by atoms with E-state index in [2.05, 4.69) is 66.8 Å². The Labute approximate surface area is 154 Å². The molecule has 0 bridgehead atoms. The molecular formula is C24H23NO. The van der Waals surface area contributed by atoms with Crippen LogP contribution in [0.3, 0.4) is 0 Å². The van der Waals surface area contributed by atoms with Crippen molar-refractivity contribution in [2.75, 3.05) is 5.32 Å². The Morgan fingerprint density at radius 1 is 0.885 bits per heavy atom. The summed E-state index contributed by atoms with van der Waals surface area (Å²) in [7, 11) is 0. The van der Waals surface area contributed by atoms with E-state index in [0.29, 0.717) is 0 Å². The second kappa shape index (κ2) is 6.80. The quantitative estimate of drug-likeness (QED) is 0.679. The third kappa shape index (κ3) is 2.82. The fourth-order valence-electron chi connectivity index (χ4n) is 4.03. The first-order valence-corrected chi connectivity index (χ1v) is 9.25. The van der Waals surface area contributed by atoms with Crippen LogP contribution in [0, 0.1) is 5.92 Å². The SMILES string of the molecule is CCc1ccccc1NC(=O)[C@@H]1CC1(c1ccccc1)c1ccccc1. The molecule has 1 N–H and O–H groups in total. The zero-order valence-corrected chi connectivity index (χ0v) is 15.0. The van der Waals surface area contributed by atoms with Gasteiger partial charge in [0.15, 0.2) is 0 Å². The molecule has 1 amide bonds. The maximum absolute atomic E-state index is 13.1. The zero-order valence-electron chi connectivity index (χ0n) is 15.0. The molecule has 4 rings (SSSR count). The van der Waals surface area contributed by atoms with Gasteiger partial charge < -0.3 is 5.32 Å². The lowest BCUT2D eigenvalue weighted by Gasteiger charge is -2.19. The minimum absolute atomic E-state index is 0.0442. The van der Waals surface area contributed by atoms with Gasteiger partial charge in [-0.15, -0.1) is 0 Å². The molecule has 1 atom stereocenters. The van der Waals surface area contributed by atoms with E-state index >= 15 is 0 Å². The highest BCUT2D eigenvalue weighted by molar-refractivity contribution is 5.97. The van der Waals surface area contributed by atoms with Crippen LogP contribution in [0.2, 0.25) is 0 Å². The summed E-state index contributed by atoms with van der Waals surface area (Å²) in [4.78, 5) is 13.1. The van der Waals surface area contributed by atoms with Gasteiger partial charge in [0, 0.05) is 11.1 Å². The van der Waals surface area contributed by atoms with Crippen molar-refractivity contribution in [3.63, 3.8) is 0 Å². The predicted octanol–water partition coefficient (Wildman–Crippen LogP) is 5.19. The fourth-order valence-corrected chi connectivity index (χ4v) is 4.03. The van der Waals surface area contributed by atoms with E-state index in [1.165, 1.54) is 16.7 Å². The van der Waals surface area contributed by atoms with Crippen LogP contribution in [-0.4, -0.2) is 5.91 Å². The second-order valence-electron chi connectivity index (χ2n) is 6.96. The van der Waals surface area contributed by atoms with Crippen LogP contribution in [0.4, 0.5) is 5.69 Å². The summed E-state index contributed by atoms with van der Waals surface area (Å²) in [6.45, 7) is 2.11. The maximum Gasteiger partial charge on any atom is 0.228 e. The molecule has 1 aliphatic rings. The molecular weight excluding hydrogens is 318 g/mol. The van der Waals surface area contributed by atoms with Crippen LogP contribution in [0.25, 0.3) is 0 Å². The molecule has 0 saturated heterocycles. The average Bonchev–Trinajstić information content (AvgIpc) is 3.47. The number of anilines is 1. The number of para-hydroxylation sites is 1. The number of amides is 1. The first-order valence-electron chi connectivity index (χ1n) is 9.25. The van der Waals surface area contributed by atoms with Crippen LogP contribution >= 0.6 is 0 Å². The van der Waals surface area contributed by atoms with Gasteiger partial charge >= 0.3 is 0 Å². The molecule has 0 heterocycles. The zero-order chi connectivity index (χ0) is 18.0. The number of nitrogens with one attached hydrogen (secondary N) is 1. The molecule has 3 aromatic rings. The van der Waals surface area contributed by atoms with Crippen LogP contribution in [0.15, 0.2) is 84.9 Å². The maximum atomic E-state index is 13.1. The number of carbonyl (C=O) groups is 1. The van der Waals surface area contributed by atoms with Gasteiger partial charge in [-0.3, -0.25) is 4.79 Å². The molecule has 3 aromatic carbocycles. The number of aryl methyl sites for hydroxylation is 1. The van der Waals surface area contributed by atoms with Crippen LogP contribution < -0.4 is 5.32 Å². The van der Waals surface area contributed by atoms with E-state index in [1.54, 1.807) is 0 Å². The van der Waals surface area contributed by atoms with Crippen molar-refractivity contribution in [3.8, 4) is 0 Å². The van der Waals surface area contributed by atoms with Gasteiger partial charge in [-0.1, -0.05) is 85.8 Å². The highest BCUT2D eigenvalue weighted by atomic mass is 16.2. The van der Waals surface area contributed by atoms with Gasteiger partial charge in [-0.2, -0.15) is 0 Å². The number of rotatable bonds is 5. The number of carbonyl (C=O) groups excluding carboxylic acids is 1. The van der Waals surface area contributed by atoms with Crippen molar-refractivity contribution in [1.82, 2.24) is 0 Å². The van der Waals surface area contributed by atoms with Crippen molar-refractivity contribution >= 4 is 11.6 Å². The molecule has 0 unspecified atom stereocenters. The Hall–Kier alpha value is -2.87. The van der Waals surface area contributed by atoms with Crippen molar-refractivity contribution in [2.24, 2.45) is 5.92 Å². The molecule has 0 aromatic heterocycles. The van der Waals surface area contributed by atoms with Crippen molar-refractivity contribution in [3.05, 3.63) is 102 Å². The monoisotopic (exact) mass is 341 g/mol. The molecule has 1 fully saturated rings. The van der Waals surface area contributed by atoms with Crippen molar-refractivity contribution < 1.29 is 4.79 Å². The van der Waals surface area contributed by atoms with E-state index < -0.39 is 0 Å². The summed E-state index contributed by atoms with van der Waals surface area (Å²) < 4.78 is 0. The Bertz CT molecular complexity index is 862. The number of hydrogen-bond donors (Lipinski definition) is 1. The lowest BCUT2D eigenvalue weighted by Crippen LogP contribution is -2.22. The number of hydrogen-bond acceptors (Lipinski definition) is 1.